The number of rotatable bonds is 4. The highest BCUT2D eigenvalue weighted by Gasteiger charge is 2.14. The Kier molecular flexibility index (Phi) is 3.84. The molecule has 3 aromatic rings. The van der Waals surface area contributed by atoms with Crippen LogP contribution in [0.5, 0.6) is 0 Å². The standard InChI is InChI=1S/C18H18N2O/c1-2-14-7-6-8-15(13-14)18(21)17-11-12-20(19-17)16-9-4-3-5-10-16/h3-13,18,21H,2H2,1H3. The van der Waals surface area contributed by atoms with Crippen molar-refractivity contribution in [1.82, 2.24) is 9.78 Å². The summed E-state index contributed by atoms with van der Waals surface area (Å²) in [7, 11) is 0. The van der Waals surface area contributed by atoms with Gasteiger partial charge in [-0.15, -0.1) is 0 Å². The molecule has 0 bridgehead atoms. The minimum absolute atomic E-state index is 0.659. The van der Waals surface area contributed by atoms with Crippen molar-refractivity contribution in [2.75, 3.05) is 0 Å². The minimum atomic E-state index is -0.693. The van der Waals surface area contributed by atoms with E-state index >= 15 is 0 Å². The third-order valence-corrected chi connectivity index (χ3v) is 3.59. The summed E-state index contributed by atoms with van der Waals surface area (Å²) in [6.45, 7) is 2.11. The first-order valence-electron chi connectivity index (χ1n) is 7.16. The van der Waals surface area contributed by atoms with Gasteiger partial charge in [-0.3, -0.25) is 0 Å². The molecule has 0 aliphatic heterocycles. The molecule has 0 saturated heterocycles. The average molecular weight is 278 g/mol. The maximum atomic E-state index is 10.5. The van der Waals surface area contributed by atoms with Gasteiger partial charge in [0.15, 0.2) is 0 Å². The predicted octanol–water partition coefficient (Wildman–Crippen LogP) is 3.52. The second kappa shape index (κ2) is 5.94. The van der Waals surface area contributed by atoms with Crippen LogP contribution in [0.15, 0.2) is 66.9 Å². The van der Waals surface area contributed by atoms with Crippen molar-refractivity contribution < 1.29 is 5.11 Å². The van der Waals surface area contributed by atoms with Crippen LogP contribution in [0.25, 0.3) is 5.69 Å². The first-order valence-corrected chi connectivity index (χ1v) is 7.16. The lowest BCUT2D eigenvalue weighted by atomic mass is 10.0. The van der Waals surface area contributed by atoms with E-state index in [2.05, 4.69) is 18.1 Å². The maximum absolute atomic E-state index is 10.5. The number of hydrogen-bond acceptors (Lipinski definition) is 2. The summed E-state index contributed by atoms with van der Waals surface area (Å²) in [5.74, 6) is 0. The lowest BCUT2D eigenvalue weighted by Crippen LogP contribution is -2.03. The van der Waals surface area contributed by atoms with Gasteiger partial charge in [-0.2, -0.15) is 5.10 Å². The summed E-state index contributed by atoms with van der Waals surface area (Å²) in [6.07, 6.45) is 2.14. The molecule has 1 heterocycles. The molecule has 1 unspecified atom stereocenters. The lowest BCUT2D eigenvalue weighted by molar-refractivity contribution is 0.214. The van der Waals surface area contributed by atoms with Crippen LogP contribution in [0.1, 0.15) is 29.8 Å². The predicted molar refractivity (Wildman–Crippen MR) is 83.4 cm³/mol. The zero-order valence-corrected chi connectivity index (χ0v) is 12.0. The highest BCUT2D eigenvalue weighted by Crippen LogP contribution is 2.22. The first-order chi connectivity index (χ1) is 10.3. The Balaban J connectivity index is 1.88. The van der Waals surface area contributed by atoms with E-state index in [0.717, 1.165) is 17.7 Å². The molecule has 2 aromatic carbocycles. The molecule has 1 aromatic heterocycles. The monoisotopic (exact) mass is 278 g/mol. The van der Waals surface area contributed by atoms with Crippen LogP contribution in [0.2, 0.25) is 0 Å². The summed E-state index contributed by atoms with van der Waals surface area (Å²) in [5, 5.41) is 15.0. The molecule has 1 N–H and O–H groups in total. The molecule has 0 amide bonds. The molecule has 3 rings (SSSR count). The highest BCUT2D eigenvalue weighted by atomic mass is 16.3. The molecule has 0 saturated carbocycles. The van der Waals surface area contributed by atoms with Gasteiger partial charge < -0.3 is 5.11 Å². The van der Waals surface area contributed by atoms with Crippen molar-refractivity contribution in [1.29, 1.82) is 0 Å². The van der Waals surface area contributed by atoms with Gasteiger partial charge in [-0.25, -0.2) is 4.68 Å². The number of hydrogen-bond donors (Lipinski definition) is 1. The second-order valence-electron chi connectivity index (χ2n) is 5.02. The third kappa shape index (κ3) is 2.88. The molecule has 1 atom stereocenters. The van der Waals surface area contributed by atoms with Gasteiger partial charge in [-0.1, -0.05) is 49.4 Å². The molecular weight excluding hydrogens is 260 g/mol. The van der Waals surface area contributed by atoms with Gasteiger partial charge in [0, 0.05) is 6.20 Å². The van der Waals surface area contributed by atoms with Gasteiger partial charge in [0.2, 0.25) is 0 Å². The van der Waals surface area contributed by atoms with E-state index in [1.54, 1.807) is 4.68 Å². The van der Waals surface area contributed by atoms with Gasteiger partial charge >= 0.3 is 0 Å². The van der Waals surface area contributed by atoms with Crippen molar-refractivity contribution in [3.8, 4) is 5.69 Å². The van der Waals surface area contributed by atoms with Crippen molar-refractivity contribution in [3.05, 3.63) is 83.7 Å². The molecule has 21 heavy (non-hydrogen) atoms. The summed E-state index contributed by atoms with van der Waals surface area (Å²) < 4.78 is 1.78. The zero-order valence-electron chi connectivity index (χ0n) is 12.0. The van der Waals surface area contributed by atoms with Crippen LogP contribution in [-0.2, 0) is 6.42 Å². The van der Waals surface area contributed by atoms with Crippen molar-refractivity contribution >= 4 is 0 Å². The quantitative estimate of drug-likeness (QED) is 0.793. The highest BCUT2D eigenvalue weighted by molar-refractivity contribution is 5.33. The Morgan fingerprint density at radius 1 is 1.05 bits per heavy atom. The zero-order chi connectivity index (χ0) is 14.7. The Bertz CT molecular complexity index is 719. The first kappa shape index (κ1) is 13.6. The minimum Gasteiger partial charge on any atom is -0.382 e. The van der Waals surface area contributed by atoms with Crippen molar-refractivity contribution in [2.45, 2.75) is 19.4 Å². The fourth-order valence-corrected chi connectivity index (χ4v) is 2.36. The van der Waals surface area contributed by atoms with E-state index < -0.39 is 6.10 Å². The number of aliphatic hydroxyl groups is 1. The van der Waals surface area contributed by atoms with E-state index in [4.69, 9.17) is 0 Å². The summed E-state index contributed by atoms with van der Waals surface area (Å²) in [6, 6.07) is 19.8. The number of nitrogens with zero attached hydrogens (tertiary/aromatic N) is 2. The fraction of sp³-hybridized carbons (Fsp3) is 0.167. The van der Waals surface area contributed by atoms with E-state index in [1.165, 1.54) is 5.56 Å². The molecule has 0 aliphatic carbocycles. The number of para-hydroxylation sites is 1. The molecule has 106 valence electrons. The summed E-state index contributed by atoms with van der Waals surface area (Å²) >= 11 is 0. The van der Waals surface area contributed by atoms with E-state index in [0.29, 0.717) is 5.69 Å². The Hall–Kier alpha value is -2.39. The van der Waals surface area contributed by atoms with Crippen LogP contribution < -0.4 is 0 Å². The van der Waals surface area contributed by atoms with Crippen molar-refractivity contribution in [2.24, 2.45) is 0 Å². The number of aliphatic hydroxyl groups excluding tert-OH is 1. The third-order valence-electron chi connectivity index (χ3n) is 3.59. The van der Waals surface area contributed by atoms with E-state index in [-0.39, 0.29) is 0 Å². The van der Waals surface area contributed by atoms with Gasteiger partial charge in [0.05, 0.1) is 11.4 Å². The molecule has 0 fully saturated rings. The fourth-order valence-electron chi connectivity index (χ4n) is 2.36. The number of aryl methyl sites for hydroxylation is 1. The largest absolute Gasteiger partial charge is 0.382 e. The van der Waals surface area contributed by atoms with Crippen molar-refractivity contribution in [3.63, 3.8) is 0 Å². The number of aromatic nitrogens is 2. The van der Waals surface area contributed by atoms with E-state index in [9.17, 15) is 5.11 Å². The van der Waals surface area contributed by atoms with E-state index in [1.807, 2.05) is 60.8 Å². The Labute approximate surface area is 124 Å². The topological polar surface area (TPSA) is 38.0 Å². The van der Waals surface area contributed by atoms with Gasteiger partial charge in [-0.05, 0) is 35.7 Å². The second-order valence-corrected chi connectivity index (χ2v) is 5.02. The molecule has 3 heteroatoms. The molecule has 0 aliphatic rings. The Morgan fingerprint density at radius 3 is 2.62 bits per heavy atom. The van der Waals surface area contributed by atoms with Crippen LogP contribution >= 0.6 is 0 Å². The Morgan fingerprint density at radius 2 is 1.86 bits per heavy atom. The van der Waals surface area contributed by atoms with Crippen LogP contribution in [0, 0.1) is 0 Å². The molecular formula is C18H18N2O. The van der Waals surface area contributed by atoms with Crippen LogP contribution in [0.4, 0.5) is 0 Å². The molecule has 3 nitrogen and oxygen atoms in total. The number of benzene rings is 2. The maximum Gasteiger partial charge on any atom is 0.123 e. The SMILES string of the molecule is CCc1cccc(C(O)c2ccn(-c3ccccc3)n2)c1. The van der Waals surface area contributed by atoms with Gasteiger partial charge in [0.25, 0.3) is 0 Å². The average Bonchev–Trinajstić information content (AvgIpc) is 3.05. The van der Waals surface area contributed by atoms with Crippen LogP contribution in [-0.4, -0.2) is 14.9 Å². The molecule has 0 radical (unpaired) electrons. The summed E-state index contributed by atoms with van der Waals surface area (Å²) in [5.41, 5.74) is 3.74. The lowest BCUT2D eigenvalue weighted by Gasteiger charge is -2.09. The van der Waals surface area contributed by atoms with Gasteiger partial charge in [0.1, 0.15) is 6.10 Å². The normalized spacial score (nSPS) is 12.3. The smallest absolute Gasteiger partial charge is 0.123 e. The molecule has 0 spiro atoms. The van der Waals surface area contributed by atoms with Crippen LogP contribution in [0.3, 0.4) is 0 Å². The summed E-state index contributed by atoms with van der Waals surface area (Å²) in [4.78, 5) is 0.